The third-order valence-corrected chi connectivity index (χ3v) is 8.98. The van der Waals surface area contributed by atoms with Gasteiger partial charge >= 0.3 is 6.18 Å². The quantitative estimate of drug-likeness (QED) is 0.390. The van der Waals surface area contributed by atoms with E-state index >= 15 is 0 Å². The number of amides is 1. The predicted molar refractivity (Wildman–Crippen MR) is 135 cm³/mol. The molecular formula is C26H29ClF3N3O3S. The van der Waals surface area contributed by atoms with Crippen molar-refractivity contribution in [1.29, 1.82) is 0 Å². The lowest BCUT2D eigenvalue weighted by Crippen LogP contribution is -2.38. The number of piperidine rings is 1. The van der Waals surface area contributed by atoms with Crippen LogP contribution in [0.1, 0.15) is 51.9 Å². The summed E-state index contributed by atoms with van der Waals surface area (Å²) >= 11 is 5.99. The Labute approximate surface area is 219 Å². The molecule has 0 saturated carbocycles. The summed E-state index contributed by atoms with van der Waals surface area (Å²) in [5.41, 5.74) is -0.0873. The van der Waals surface area contributed by atoms with Crippen LogP contribution >= 0.6 is 11.6 Å². The van der Waals surface area contributed by atoms with Crippen LogP contribution in [0, 0.1) is 5.92 Å². The number of halogens is 4. The first-order valence-corrected chi connectivity index (χ1v) is 13.8. The lowest BCUT2D eigenvalue weighted by Gasteiger charge is -2.32. The van der Waals surface area contributed by atoms with Crippen LogP contribution in [0.2, 0.25) is 5.02 Å². The Bertz CT molecular complexity index is 1450. The summed E-state index contributed by atoms with van der Waals surface area (Å²) < 4.78 is 67.8. The van der Waals surface area contributed by atoms with Crippen molar-refractivity contribution in [2.24, 2.45) is 5.92 Å². The van der Waals surface area contributed by atoms with Crippen molar-refractivity contribution in [3.8, 4) is 0 Å². The van der Waals surface area contributed by atoms with E-state index in [2.05, 4.69) is 4.57 Å². The predicted octanol–water partition coefficient (Wildman–Crippen LogP) is 6.10. The van der Waals surface area contributed by atoms with Gasteiger partial charge in [-0.1, -0.05) is 32.4 Å². The molecule has 0 bridgehead atoms. The molecule has 1 aliphatic heterocycles. The van der Waals surface area contributed by atoms with Crippen LogP contribution in [0.4, 0.5) is 13.2 Å². The minimum atomic E-state index is -4.64. The van der Waals surface area contributed by atoms with Gasteiger partial charge in [0.05, 0.1) is 31.4 Å². The number of hydrogen-bond donors (Lipinski definition) is 0. The Morgan fingerprint density at radius 2 is 1.73 bits per heavy atom. The molecule has 2 heterocycles. The van der Waals surface area contributed by atoms with E-state index in [0.29, 0.717) is 43.2 Å². The number of rotatable bonds is 4. The van der Waals surface area contributed by atoms with Crippen molar-refractivity contribution >= 4 is 38.4 Å². The highest BCUT2D eigenvalue weighted by molar-refractivity contribution is 7.91. The zero-order valence-corrected chi connectivity index (χ0v) is 22.6. The van der Waals surface area contributed by atoms with E-state index in [0.717, 1.165) is 30.2 Å². The molecule has 0 atom stereocenters. The van der Waals surface area contributed by atoms with Crippen molar-refractivity contribution in [1.82, 2.24) is 14.5 Å². The fourth-order valence-corrected chi connectivity index (χ4v) is 6.56. The lowest BCUT2D eigenvalue weighted by molar-refractivity contribution is -0.137. The summed E-state index contributed by atoms with van der Waals surface area (Å²) in [5, 5.41) is -0.493. The number of sulfone groups is 1. The van der Waals surface area contributed by atoms with Gasteiger partial charge < -0.3 is 9.47 Å². The van der Waals surface area contributed by atoms with Crippen LogP contribution in [0.5, 0.6) is 0 Å². The second-order valence-corrected chi connectivity index (χ2v) is 12.9. The molecule has 11 heteroatoms. The highest BCUT2D eigenvalue weighted by Crippen LogP contribution is 2.36. The van der Waals surface area contributed by atoms with Crippen LogP contribution in [0.15, 0.2) is 46.2 Å². The number of fused-ring (bicyclic) bond motifs is 1. The SMILES string of the molecule is CC(=O)N1CCC(Cn2c(C(C)(C)C)nc3cc(S(=O)(=O)c4ccc(C(F)(F)F)cc4Cl)ccc32)CC1. The summed E-state index contributed by atoms with van der Waals surface area (Å²) in [7, 11) is -4.19. The molecule has 6 nitrogen and oxygen atoms in total. The standard InChI is InChI=1S/C26H29ClF3N3O3S/c1-16(34)32-11-9-17(10-12-32)15-33-22-7-6-19(14-21(22)31-24(33)25(2,3)4)37(35,36)23-8-5-18(13-20(23)27)26(28,29)30/h5-8,13-14,17H,9-12,15H2,1-4H3. The maximum Gasteiger partial charge on any atom is 0.416 e. The zero-order valence-electron chi connectivity index (χ0n) is 21.1. The van der Waals surface area contributed by atoms with Crippen LogP contribution in [0.3, 0.4) is 0 Å². The van der Waals surface area contributed by atoms with E-state index in [4.69, 9.17) is 16.6 Å². The lowest BCUT2D eigenvalue weighted by atomic mass is 9.93. The normalized spacial score (nSPS) is 15.9. The first kappa shape index (κ1) is 27.4. The molecule has 1 aromatic heterocycles. The third-order valence-electron chi connectivity index (χ3n) is 6.75. The van der Waals surface area contributed by atoms with Crippen LogP contribution in [-0.2, 0) is 32.8 Å². The van der Waals surface area contributed by atoms with E-state index in [1.54, 1.807) is 13.0 Å². The Balaban J connectivity index is 1.71. The summed E-state index contributed by atoms with van der Waals surface area (Å²) in [5.74, 6) is 1.21. The fourth-order valence-electron chi connectivity index (χ4n) is 4.74. The average Bonchev–Trinajstić information content (AvgIpc) is 3.17. The molecule has 0 spiro atoms. The molecular weight excluding hydrogens is 527 g/mol. The third kappa shape index (κ3) is 5.50. The molecule has 0 aliphatic carbocycles. The van der Waals surface area contributed by atoms with Gasteiger partial charge in [0.2, 0.25) is 15.7 Å². The number of aromatic nitrogens is 2. The molecule has 37 heavy (non-hydrogen) atoms. The van der Waals surface area contributed by atoms with Gasteiger partial charge in [-0.15, -0.1) is 0 Å². The number of carbonyl (C=O) groups is 1. The van der Waals surface area contributed by atoms with Crippen molar-refractivity contribution in [2.45, 2.75) is 68.5 Å². The number of imidazole rings is 1. The van der Waals surface area contributed by atoms with Gasteiger partial charge in [-0.2, -0.15) is 13.2 Å². The molecule has 1 amide bonds. The number of benzene rings is 2. The van der Waals surface area contributed by atoms with E-state index in [1.165, 1.54) is 12.1 Å². The summed E-state index contributed by atoms with van der Waals surface area (Å²) in [6, 6.07) is 6.79. The van der Waals surface area contributed by atoms with Crippen molar-refractivity contribution in [3.63, 3.8) is 0 Å². The van der Waals surface area contributed by atoms with E-state index in [9.17, 15) is 26.4 Å². The Morgan fingerprint density at radius 3 is 2.27 bits per heavy atom. The van der Waals surface area contributed by atoms with Crippen molar-refractivity contribution < 1.29 is 26.4 Å². The number of alkyl halides is 3. The highest BCUT2D eigenvalue weighted by atomic mass is 35.5. The van der Waals surface area contributed by atoms with Gasteiger partial charge in [0.1, 0.15) is 5.82 Å². The van der Waals surface area contributed by atoms with Gasteiger partial charge in [0.15, 0.2) is 0 Å². The molecule has 1 saturated heterocycles. The maximum atomic E-state index is 13.3. The van der Waals surface area contributed by atoms with Gasteiger partial charge in [-0.05, 0) is 55.2 Å². The molecule has 0 radical (unpaired) electrons. The van der Waals surface area contributed by atoms with Gasteiger partial charge in [0, 0.05) is 32.0 Å². The summed E-state index contributed by atoms with van der Waals surface area (Å²) in [6.45, 7) is 9.76. The second-order valence-electron chi connectivity index (χ2n) is 10.5. The van der Waals surface area contributed by atoms with Crippen LogP contribution in [-0.4, -0.2) is 41.9 Å². The number of hydrogen-bond acceptors (Lipinski definition) is 4. The molecule has 0 unspecified atom stereocenters. The number of carbonyl (C=O) groups excluding carboxylic acids is 1. The molecule has 1 aliphatic rings. The van der Waals surface area contributed by atoms with E-state index in [-0.39, 0.29) is 16.2 Å². The Kier molecular flexibility index (Phi) is 7.13. The maximum absolute atomic E-state index is 13.3. The molecule has 4 rings (SSSR count). The topological polar surface area (TPSA) is 72.3 Å². The largest absolute Gasteiger partial charge is 0.416 e. The molecule has 3 aromatic rings. The average molecular weight is 556 g/mol. The summed E-state index contributed by atoms with van der Waals surface area (Å²) in [6.07, 6.45) is -2.91. The van der Waals surface area contributed by atoms with Gasteiger partial charge in [-0.3, -0.25) is 4.79 Å². The fraction of sp³-hybridized carbons (Fsp3) is 0.462. The van der Waals surface area contributed by atoms with E-state index < -0.39 is 31.5 Å². The first-order valence-electron chi connectivity index (χ1n) is 12.0. The molecule has 0 N–H and O–H groups in total. The molecule has 2 aromatic carbocycles. The minimum Gasteiger partial charge on any atom is -0.343 e. The highest BCUT2D eigenvalue weighted by Gasteiger charge is 2.33. The molecule has 200 valence electrons. The van der Waals surface area contributed by atoms with Gasteiger partial charge in [0.25, 0.3) is 0 Å². The summed E-state index contributed by atoms with van der Waals surface area (Å²) in [4.78, 5) is 17.8. The second kappa shape index (κ2) is 9.62. The monoisotopic (exact) mass is 555 g/mol. The first-order chi connectivity index (χ1) is 17.1. The minimum absolute atomic E-state index is 0.0730. The van der Waals surface area contributed by atoms with Gasteiger partial charge in [-0.25, -0.2) is 13.4 Å². The Morgan fingerprint density at radius 1 is 1.08 bits per heavy atom. The zero-order chi connectivity index (χ0) is 27.3. The number of likely N-dealkylation sites (tertiary alicyclic amines) is 1. The van der Waals surface area contributed by atoms with E-state index in [1.807, 2.05) is 25.7 Å². The van der Waals surface area contributed by atoms with Crippen molar-refractivity contribution in [3.05, 3.63) is 52.8 Å². The smallest absolute Gasteiger partial charge is 0.343 e. The van der Waals surface area contributed by atoms with Crippen LogP contribution in [0.25, 0.3) is 11.0 Å². The molecule has 1 fully saturated rings. The number of nitrogens with zero attached hydrogens (tertiary/aromatic N) is 3. The Hall–Kier alpha value is -2.59. The van der Waals surface area contributed by atoms with Crippen LogP contribution < -0.4 is 0 Å². The van der Waals surface area contributed by atoms with Crippen molar-refractivity contribution in [2.75, 3.05) is 13.1 Å².